The summed E-state index contributed by atoms with van der Waals surface area (Å²) in [6.45, 7) is 0.745. The Hall–Kier alpha value is -1.13. The molecule has 1 heterocycles. The van der Waals surface area contributed by atoms with Gasteiger partial charge in [-0.15, -0.1) is 0 Å². The average Bonchev–Trinajstić information content (AvgIpc) is 2.86. The van der Waals surface area contributed by atoms with E-state index >= 15 is 0 Å². The van der Waals surface area contributed by atoms with Crippen molar-refractivity contribution in [2.24, 2.45) is 0 Å². The molecule has 0 radical (unpaired) electrons. The van der Waals surface area contributed by atoms with Crippen LogP contribution in [-0.2, 0) is 16.5 Å². The van der Waals surface area contributed by atoms with E-state index in [-0.39, 0.29) is 0 Å². The molecule has 0 N–H and O–H groups in total. The molecule has 90 valence electrons. The van der Waals surface area contributed by atoms with Crippen LogP contribution in [0.5, 0.6) is 0 Å². The van der Waals surface area contributed by atoms with Crippen LogP contribution in [0, 0.1) is 0 Å². The highest BCUT2D eigenvalue weighted by atomic mass is 79.9. The Morgan fingerprint density at radius 1 is 1.29 bits per heavy atom. The second-order valence-corrected chi connectivity index (χ2v) is 4.32. The van der Waals surface area contributed by atoms with Crippen molar-refractivity contribution in [1.29, 1.82) is 0 Å². The summed E-state index contributed by atoms with van der Waals surface area (Å²) in [6, 6.07) is 10.2. The zero-order chi connectivity index (χ0) is 12.1. The summed E-state index contributed by atoms with van der Waals surface area (Å²) in [4.78, 5) is 0. The van der Waals surface area contributed by atoms with Crippen LogP contribution in [0.3, 0.4) is 0 Å². The van der Waals surface area contributed by atoms with E-state index < -0.39 is 0 Å². The van der Waals surface area contributed by atoms with E-state index in [0.717, 1.165) is 30.0 Å². The Bertz CT molecular complexity index is 465. The molecule has 4 heteroatoms. The van der Waals surface area contributed by atoms with Crippen molar-refractivity contribution in [3.8, 4) is 11.3 Å². The number of rotatable bonds is 5. The largest absolute Gasteiger partial charge is 0.384 e. The number of hydrogen-bond acceptors (Lipinski definition) is 3. The van der Waals surface area contributed by atoms with Crippen LogP contribution in [0.25, 0.3) is 11.3 Å². The van der Waals surface area contributed by atoms with Gasteiger partial charge in [0.1, 0.15) is 0 Å². The van der Waals surface area contributed by atoms with Gasteiger partial charge in [-0.2, -0.15) is 0 Å². The Labute approximate surface area is 109 Å². The lowest BCUT2D eigenvalue weighted by atomic mass is 10.1. The molecule has 0 unspecified atom stereocenters. The molecule has 0 bridgehead atoms. The van der Waals surface area contributed by atoms with Crippen LogP contribution in [0.1, 0.15) is 11.3 Å². The van der Waals surface area contributed by atoms with Crippen LogP contribution in [-0.4, -0.2) is 18.9 Å². The number of aromatic nitrogens is 1. The molecule has 1 aromatic heterocycles. The van der Waals surface area contributed by atoms with Gasteiger partial charge in [0.15, 0.2) is 5.76 Å². The molecule has 0 fully saturated rings. The molecule has 3 nitrogen and oxygen atoms in total. The van der Waals surface area contributed by atoms with E-state index in [9.17, 15) is 0 Å². The Balaban J connectivity index is 2.11. The molecular weight excluding hydrogens is 282 g/mol. The second kappa shape index (κ2) is 5.98. The van der Waals surface area contributed by atoms with Gasteiger partial charge in [-0.1, -0.05) is 45.4 Å². The molecule has 0 amide bonds. The molecule has 17 heavy (non-hydrogen) atoms. The highest BCUT2D eigenvalue weighted by Gasteiger charge is 2.05. The van der Waals surface area contributed by atoms with Crippen LogP contribution in [0.2, 0.25) is 0 Å². The zero-order valence-corrected chi connectivity index (χ0v) is 11.2. The molecule has 0 saturated carbocycles. The van der Waals surface area contributed by atoms with Gasteiger partial charge in [-0.05, 0) is 12.0 Å². The molecule has 2 aromatic rings. The number of alkyl halides is 1. The summed E-state index contributed by atoms with van der Waals surface area (Å²) in [5.74, 6) is 0.803. The van der Waals surface area contributed by atoms with Crippen molar-refractivity contribution in [2.45, 2.75) is 11.8 Å². The maximum Gasteiger partial charge on any atom is 0.167 e. The quantitative estimate of drug-likeness (QED) is 0.793. The maximum absolute atomic E-state index is 5.26. The summed E-state index contributed by atoms with van der Waals surface area (Å²) in [5, 5.41) is 4.65. The van der Waals surface area contributed by atoms with Crippen LogP contribution < -0.4 is 0 Å². The Morgan fingerprint density at radius 3 is 2.65 bits per heavy atom. The van der Waals surface area contributed by atoms with Gasteiger partial charge in [0.05, 0.1) is 12.3 Å². The van der Waals surface area contributed by atoms with Gasteiger partial charge in [-0.25, -0.2) is 0 Å². The Morgan fingerprint density at radius 2 is 2.06 bits per heavy atom. The molecule has 0 spiro atoms. The van der Waals surface area contributed by atoms with Crippen LogP contribution in [0.15, 0.2) is 34.9 Å². The van der Waals surface area contributed by atoms with E-state index in [1.807, 2.05) is 18.2 Å². The lowest BCUT2D eigenvalue weighted by molar-refractivity contribution is 0.202. The second-order valence-electron chi connectivity index (χ2n) is 3.76. The summed E-state index contributed by atoms with van der Waals surface area (Å²) >= 11 is 3.35. The normalized spacial score (nSPS) is 10.7. The van der Waals surface area contributed by atoms with E-state index in [0.29, 0.717) is 5.33 Å². The van der Waals surface area contributed by atoms with Crippen molar-refractivity contribution in [3.63, 3.8) is 0 Å². The van der Waals surface area contributed by atoms with E-state index in [2.05, 4.69) is 33.2 Å². The van der Waals surface area contributed by atoms with Crippen molar-refractivity contribution < 1.29 is 9.26 Å². The first-order valence-corrected chi connectivity index (χ1v) is 6.55. The predicted molar refractivity (Wildman–Crippen MR) is 70.2 cm³/mol. The van der Waals surface area contributed by atoms with Crippen LogP contribution >= 0.6 is 15.9 Å². The third kappa shape index (κ3) is 3.17. The fourth-order valence-electron chi connectivity index (χ4n) is 1.57. The molecule has 0 atom stereocenters. The zero-order valence-electron chi connectivity index (χ0n) is 9.65. The first kappa shape index (κ1) is 12.3. The SMILES string of the molecule is COCCc1ccc(-c2cc(CBr)no2)cc1. The van der Waals surface area contributed by atoms with Crippen molar-refractivity contribution in [1.82, 2.24) is 5.16 Å². The van der Waals surface area contributed by atoms with Crippen molar-refractivity contribution >= 4 is 15.9 Å². The highest BCUT2D eigenvalue weighted by molar-refractivity contribution is 9.08. The number of benzene rings is 1. The van der Waals surface area contributed by atoms with E-state index in [4.69, 9.17) is 9.26 Å². The number of halogens is 1. The minimum atomic E-state index is 0.711. The molecule has 0 aliphatic rings. The standard InChI is InChI=1S/C13H14BrNO2/c1-16-7-6-10-2-4-11(5-3-10)13-8-12(9-14)15-17-13/h2-5,8H,6-7,9H2,1H3. The minimum absolute atomic E-state index is 0.711. The summed E-state index contributed by atoms with van der Waals surface area (Å²) in [5.41, 5.74) is 3.21. The third-order valence-electron chi connectivity index (χ3n) is 2.53. The van der Waals surface area contributed by atoms with Gasteiger partial charge in [0.2, 0.25) is 0 Å². The number of hydrogen-bond donors (Lipinski definition) is 0. The third-order valence-corrected chi connectivity index (χ3v) is 3.10. The Kier molecular flexibility index (Phi) is 4.34. The number of methoxy groups -OCH3 is 1. The van der Waals surface area contributed by atoms with Gasteiger partial charge < -0.3 is 9.26 Å². The fraction of sp³-hybridized carbons (Fsp3) is 0.308. The van der Waals surface area contributed by atoms with Crippen molar-refractivity contribution in [2.75, 3.05) is 13.7 Å². The molecule has 0 aliphatic carbocycles. The van der Waals surface area contributed by atoms with E-state index in [1.165, 1.54) is 5.56 Å². The lowest BCUT2D eigenvalue weighted by Gasteiger charge is -2.01. The van der Waals surface area contributed by atoms with Gasteiger partial charge in [0, 0.05) is 24.1 Å². The number of ether oxygens (including phenoxy) is 1. The average molecular weight is 296 g/mol. The molecular formula is C13H14BrNO2. The predicted octanol–water partition coefficient (Wildman–Crippen LogP) is 3.43. The van der Waals surface area contributed by atoms with Gasteiger partial charge in [0.25, 0.3) is 0 Å². The first-order valence-electron chi connectivity index (χ1n) is 5.43. The van der Waals surface area contributed by atoms with E-state index in [1.54, 1.807) is 7.11 Å². The highest BCUT2D eigenvalue weighted by Crippen LogP contribution is 2.21. The summed E-state index contributed by atoms with van der Waals surface area (Å²) in [6.07, 6.45) is 0.930. The molecule has 0 saturated heterocycles. The summed E-state index contributed by atoms with van der Waals surface area (Å²) < 4.78 is 10.3. The molecule has 0 aliphatic heterocycles. The minimum Gasteiger partial charge on any atom is -0.384 e. The first-order chi connectivity index (χ1) is 8.33. The maximum atomic E-state index is 5.26. The fourth-order valence-corrected chi connectivity index (χ4v) is 1.83. The van der Waals surface area contributed by atoms with Gasteiger partial charge in [-0.3, -0.25) is 0 Å². The molecule has 1 aromatic carbocycles. The van der Waals surface area contributed by atoms with Gasteiger partial charge >= 0.3 is 0 Å². The topological polar surface area (TPSA) is 35.3 Å². The summed E-state index contributed by atoms with van der Waals surface area (Å²) in [7, 11) is 1.71. The number of nitrogens with zero attached hydrogens (tertiary/aromatic N) is 1. The smallest absolute Gasteiger partial charge is 0.167 e. The lowest BCUT2D eigenvalue weighted by Crippen LogP contribution is -1.93. The molecule has 2 rings (SSSR count). The van der Waals surface area contributed by atoms with Crippen LogP contribution in [0.4, 0.5) is 0 Å². The van der Waals surface area contributed by atoms with Crippen molar-refractivity contribution in [3.05, 3.63) is 41.6 Å². The monoisotopic (exact) mass is 295 g/mol.